The van der Waals surface area contributed by atoms with Crippen molar-refractivity contribution in [3.8, 4) is 11.5 Å². The van der Waals surface area contributed by atoms with Gasteiger partial charge in [-0.2, -0.15) is 0 Å². The quantitative estimate of drug-likeness (QED) is 0.621. The minimum absolute atomic E-state index is 0.172. The van der Waals surface area contributed by atoms with Gasteiger partial charge in [0.25, 0.3) is 0 Å². The normalized spacial score (nSPS) is 27.6. The molecule has 3 aliphatic heterocycles. The van der Waals surface area contributed by atoms with E-state index in [-0.39, 0.29) is 11.9 Å². The number of fused-ring (bicyclic) bond motifs is 1. The van der Waals surface area contributed by atoms with Crippen molar-refractivity contribution in [1.29, 1.82) is 0 Å². The molecule has 3 aliphatic rings. The van der Waals surface area contributed by atoms with Crippen LogP contribution in [0.2, 0.25) is 0 Å². The SMILES string of the molecule is COc1ccc([C@H](C)N2C[C@@]34C=C[C@H](O3)[C@@H](C(=O)Nc3ccc(OC(F)(F)F)cc3)[C@H]4C2=O)cc1. The van der Waals surface area contributed by atoms with Crippen molar-refractivity contribution in [3.63, 3.8) is 0 Å². The molecule has 2 amide bonds. The van der Waals surface area contributed by atoms with Crippen molar-refractivity contribution in [1.82, 2.24) is 4.90 Å². The molecule has 184 valence electrons. The van der Waals surface area contributed by atoms with Gasteiger partial charge in [0.1, 0.15) is 17.1 Å². The van der Waals surface area contributed by atoms with Gasteiger partial charge in [0.15, 0.2) is 0 Å². The van der Waals surface area contributed by atoms with Crippen LogP contribution < -0.4 is 14.8 Å². The van der Waals surface area contributed by atoms with Crippen LogP contribution in [0.4, 0.5) is 18.9 Å². The van der Waals surface area contributed by atoms with Crippen LogP contribution in [0.1, 0.15) is 18.5 Å². The summed E-state index contributed by atoms with van der Waals surface area (Å²) in [6, 6.07) is 12.1. The van der Waals surface area contributed by atoms with Crippen LogP contribution in [0.25, 0.3) is 0 Å². The summed E-state index contributed by atoms with van der Waals surface area (Å²) in [5, 5.41) is 2.70. The van der Waals surface area contributed by atoms with Crippen LogP contribution in [0.5, 0.6) is 11.5 Å². The number of methoxy groups -OCH3 is 1. The fourth-order valence-electron chi connectivity index (χ4n) is 5.18. The van der Waals surface area contributed by atoms with Gasteiger partial charge in [0.05, 0.1) is 37.6 Å². The number of ether oxygens (including phenoxy) is 3. The van der Waals surface area contributed by atoms with Crippen LogP contribution in [0.3, 0.4) is 0 Å². The summed E-state index contributed by atoms with van der Waals surface area (Å²) in [5.74, 6) is -1.73. The molecule has 1 N–H and O–H groups in total. The molecule has 2 bridgehead atoms. The Morgan fingerprint density at radius 2 is 1.80 bits per heavy atom. The van der Waals surface area contributed by atoms with Crippen LogP contribution in [-0.4, -0.2) is 48.4 Å². The first-order valence-electron chi connectivity index (χ1n) is 11.1. The number of hydrogen-bond acceptors (Lipinski definition) is 5. The largest absolute Gasteiger partial charge is 0.573 e. The third kappa shape index (κ3) is 4.12. The van der Waals surface area contributed by atoms with E-state index in [2.05, 4.69) is 10.1 Å². The number of nitrogens with one attached hydrogen (secondary N) is 1. The van der Waals surface area contributed by atoms with Crippen LogP contribution in [0, 0.1) is 11.8 Å². The van der Waals surface area contributed by atoms with E-state index in [0.717, 1.165) is 17.7 Å². The maximum atomic E-state index is 13.5. The van der Waals surface area contributed by atoms with E-state index in [0.29, 0.717) is 18.0 Å². The minimum Gasteiger partial charge on any atom is -0.497 e. The van der Waals surface area contributed by atoms with Crippen molar-refractivity contribution >= 4 is 17.5 Å². The van der Waals surface area contributed by atoms with E-state index < -0.39 is 41.6 Å². The third-order valence-electron chi connectivity index (χ3n) is 6.85. The van der Waals surface area contributed by atoms with E-state index in [4.69, 9.17) is 9.47 Å². The number of nitrogens with zero attached hydrogens (tertiary/aromatic N) is 1. The van der Waals surface area contributed by atoms with Crippen molar-refractivity contribution in [2.45, 2.75) is 31.0 Å². The summed E-state index contributed by atoms with van der Waals surface area (Å²) in [6.45, 7) is 2.25. The Labute approximate surface area is 199 Å². The molecule has 2 saturated heterocycles. The zero-order valence-electron chi connectivity index (χ0n) is 18.9. The van der Waals surface area contributed by atoms with Crippen molar-refractivity contribution in [2.75, 3.05) is 19.0 Å². The minimum atomic E-state index is -4.80. The molecule has 7 nitrogen and oxygen atoms in total. The number of benzene rings is 2. The van der Waals surface area contributed by atoms with Crippen molar-refractivity contribution in [3.05, 3.63) is 66.2 Å². The van der Waals surface area contributed by atoms with Gasteiger partial charge in [-0.05, 0) is 48.9 Å². The van der Waals surface area contributed by atoms with Gasteiger partial charge in [-0.3, -0.25) is 9.59 Å². The Hall–Kier alpha value is -3.53. The summed E-state index contributed by atoms with van der Waals surface area (Å²) in [7, 11) is 1.58. The van der Waals surface area contributed by atoms with Gasteiger partial charge in [-0.1, -0.05) is 24.3 Å². The highest BCUT2D eigenvalue weighted by Gasteiger charge is 2.67. The summed E-state index contributed by atoms with van der Waals surface area (Å²) < 4.78 is 52.4. The molecular weight excluding hydrogens is 465 g/mol. The topological polar surface area (TPSA) is 77.1 Å². The number of halogens is 3. The summed E-state index contributed by atoms with van der Waals surface area (Å²) in [4.78, 5) is 28.5. The molecular formula is C25H23F3N2O5. The summed E-state index contributed by atoms with van der Waals surface area (Å²) >= 11 is 0. The van der Waals surface area contributed by atoms with Gasteiger partial charge in [0, 0.05) is 5.69 Å². The van der Waals surface area contributed by atoms with E-state index in [1.807, 2.05) is 37.3 Å². The van der Waals surface area contributed by atoms with Gasteiger partial charge in [-0.15, -0.1) is 13.2 Å². The molecule has 0 saturated carbocycles. The molecule has 3 heterocycles. The Morgan fingerprint density at radius 1 is 1.14 bits per heavy atom. The number of likely N-dealkylation sites (tertiary alicyclic amines) is 1. The van der Waals surface area contributed by atoms with Crippen molar-refractivity contribution < 1.29 is 37.0 Å². The van der Waals surface area contributed by atoms with E-state index in [1.165, 1.54) is 12.1 Å². The molecule has 0 aromatic heterocycles. The molecule has 0 radical (unpaired) electrons. The lowest BCUT2D eigenvalue weighted by atomic mass is 9.76. The Morgan fingerprint density at radius 3 is 2.43 bits per heavy atom. The smallest absolute Gasteiger partial charge is 0.497 e. The Balaban J connectivity index is 1.32. The Kier molecular flexibility index (Phi) is 5.51. The van der Waals surface area contributed by atoms with Crippen LogP contribution >= 0.6 is 0 Å². The number of carbonyl (C=O) groups excluding carboxylic acids is 2. The number of rotatable bonds is 6. The average molecular weight is 488 g/mol. The molecule has 1 spiro atoms. The molecule has 35 heavy (non-hydrogen) atoms. The predicted octanol–water partition coefficient (Wildman–Crippen LogP) is 4.08. The monoisotopic (exact) mass is 488 g/mol. The maximum Gasteiger partial charge on any atom is 0.573 e. The summed E-state index contributed by atoms with van der Waals surface area (Å²) in [6.07, 6.45) is -1.68. The molecule has 5 rings (SSSR count). The molecule has 0 aliphatic carbocycles. The van der Waals surface area contributed by atoms with E-state index in [9.17, 15) is 22.8 Å². The van der Waals surface area contributed by atoms with Gasteiger partial charge >= 0.3 is 6.36 Å². The highest BCUT2D eigenvalue weighted by atomic mass is 19.4. The van der Waals surface area contributed by atoms with Crippen LogP contribution in [-0.2, 0) is 14.3 Å². The lowest BCUT2D eigenvalue weighted by Gasteiger charge is -2.28. The highest BCUT2D eigenvalue weighted by Crippen LogP contribution is 2.53. The first-order chi connectivity index (χ1) is 16.6. The molecule has 2 fully saturated rings. The van der Waals surface area contributed by atoms with Gasteiger partial charge < -0.3 is 24.4 Å². The number of anilines is 1. The van der Waals surface area contributed by atoms with Crippen LogP contribution in [0.15, 0.2) is 60.7 Å². The van der Waals surface area contributed by atoms with E-state index in [1.54, 1.807) is 18.1 Å². The Bertz CT molecular complexity index is 1170. The molecule has 5 atom stereocenters. The number of carbonyl (C=O) groups is 2. The lowest BCUT2D eigenvalue weighted by molar-refractivity contribution is -0.274. The highest BCUT2D eigenvalue weighted by molar-refractivity contribution is 5.99. The predicted molar refractivity (Wildman–Crippen MR) is 119 cm³/mol. The average Bonchev–Trinajstić information content (AvgIpc) is 3.47. The van der Waals surface area contributed by atoms with Gasteiger partial charge in [0.2, 0.25) is 11.8 Å². The first-order valence-corrected chi connectivity index (χ1v) is 11.1. The second kappa shape index (κ2) is 8.30. The summed E-state index contributed by atoms with van der Waals surface area (Å²) in [5.41, 5.74) is 0.338. The first kappa shape index (κ1) is 23.2. The zero-order valence-corrected chi connectivity index (χ0v) is 18.9. The molecule has 0 unspecified atom stereocenters. The molecule has 2 aromatic carbocycles. The molecule has 2 aromatic rings. The number of amides is 2. The maximum absolute atomic E-state index is 13.5. The second-order valence-corrected chi connectivity index (χ2v) is 8.88. The van der Waals surface area contributed by atoms with Gasteiger partial charge in [-0.25, -0.2) is 0 Å². The third-order valence-corrected chi connectivity index (χ3v) is 6.85. The fourth-order valence-corrected chi connectivity index (χ4v) is 5.18. The van der Waals surface area contributed by atoms with E-state index >= 15 is 0 Å². The zero-order chi connectivity index (χ0) is 25.0. The van der Waals surface area contributed by atoms with Crippen molar-refractivity contribution in [2.24, 2.45) is 11.8 Å². The fraction of sp³-hybridized carbons (Fsp3) is 0.360. The molecule has 10 heteroatoms. The standard InChI is InChI=1S/C25H23F3N2O5/c1-14(15-3-7-17(33-2)8-4-15)30-13-24-12-11-19(35-24)20(21(24)23(30)32)22(31)29-16-5-9-18(10-6-16)34-25(26,27)28/h3-12,14,19-21H,13H2,1-2H3,(H,29,31)/t14-,19-,20+,21-,24+/m0/s1. The number of alkyl halides is 3. The second-order valence-electron chi connectivity index (χ2n) is 8.88. The number of hydrogen-bond donors (Lipinski definition) is 1. The lowest BCUT2D eigenvalue weighted by Crippen LogP contribution is -2.41.